The van der Waals surface area contributed by atoms with Gasteiger partial charge in [0.25, 0.3) is 0 Å². The first-order valence-electron chi connectivity index (χ1n) is 21.7. The summed E-state index contributed by atoms with van der Waals surface area (Å²) in [5.74, 6) is 0.0549. The summed E-state index contributed by atoms with van der Waals surface area (Å²) in [6.45, 7) is 0. The van der Waals surface area contributed by atoms with E-state index in [1.165, 1.54) is 0 Å². The molecule has 8 nitrogen and oxygen atoms in total. The zero-order chi connectivity index (χ0) is 47.1. The topological polar surface area (TPSA) is 87.7 Å². The van der Waals surface area contributed by atoms with E-state index in [2.05, 4.69) is 53.8 Å². The lowest BCUT2D eigenvalue weighted by atomic mass is 9.72. The molecule has 0 N–H and O–H groups in total. The Balaban J connectivity index is 0.806. The molecule has 0 aliphatic heterocycles. The van der Waals surface area contributed by atoms with E-state index in [0.717, 1.165) is 104 Å². The van der Waals surface area contributed by atoms with Crippen molar-refractivity contribution in [3.8, 4) is 57.2 Å². The summed E-state index contributed by atoms with van der Waals surface area (Å²) >= 11 is 0. The van der Waals surface area contributed by atoms with Crippen molar-refractivity contribution in [1.29, 1.82) is 0 Å². The third-order valence-electron chi connectivity index (χ3n) is 12.7. The summed E-state index contributed by atoms with van der Waals surface area (Å²) in [7, 11) is 0. The molecule has 0 radical (unpaired) electrons. The molecule has 0 amide bonds. The standard InChI is InChI=1S/C55H32F6N6O2/c56-54(57,58)53(55(59,60)61,37-25-17-33(18-26-37)49-62-64-51(68-49)35-21-29-39(30-22-35)66-45-13-5-1-9-41(45)42-10-2-6-14-46(42)66)38-27-19-34(20-28-38)50-63-65-52(69-50)36-23-31-40(32-24-36)67-47-15-7-3-11-43(47)44-12-4-8-16-48(44)67/h1-32H. The summed E-state index contributed by atoms with van der Waals surface area (Å²) in [4.78, 5) is 0. The average Bonchev–Trinajstić information content (AvgIpc) is 4.19. The quantitative estimate of drug-likeness (QED) is 0.141. The van der Waals surface area contributed by atoms with Crippen molar-refractivity contribution in [3.63, 3.8) is 0 Å². The SMILES string of the molecule is FC(F)(F)C(c1ccc(-c2nnc(-c3ccc(-n4c5ccccc5c5ccccc54)cc3)o2)cc1)(c1ccc(-c2nnc(-c3ccc(-n4c5ccccc5c5ccccc54)cc3)o2)cc1)C(F)(F)F. The van der Waals surface area contributed by atoms with Gasteiger partial charge in [0.1, 0.15) is 0 Å². The zero-order valence-electron chi connectivity index (χ0n) is 35.7. The molecule has 8 aromatic carbocycles. The lowest BCUT2D eigenvalue weighted by Crippen LogP contribution is -2.54. The van der Waals surface area contributed by atoms with Gasteiger partial charge in [0, 0.05) is 55.2 Å². The summed E-state index contributed by atoms with van der Waals surface area (Å²) in [5, 5.41) is 20.8. The molecule has 0 fully saturated rings. The normalized spacial score (nSPS) is 12.5. The van der Waals surface area contributed by atoms with E-state index < -0.39 is 28.9 Å². The van der Waals surface area contributed by atoms with Gasteiger partial charge in [-0.3, -0.25) is 0 Å². The summed E-state index contributed by atoms with van der Waals surface area (Å²) in [6.07, 6.45) is -11.6. The third-order valence-corrected chi connectivity index (χ3v) is 12.7. The van der Waals surface area contributed by atoms with Crippen LogP contribution in [0.15, 0.2) is 203 Å². The molecule has 0 saturated carbocycles. The number of aromatic nitrogens is 6. The molecular weight excluding hydrogens is 891 g/mol. The van der Waals surface area contributed by atoms with Crippen molar-refractivity contribution >= 4 is 43.6 Å². The Bertz CT molecular complexity index is 3510. The van der Waals surface area contributed by atoms with Crippen molar-refractivity contribution in [2.45, 2.75) is 17.8 Å². The highest BCUT2D eigenvalue weighted by Gasteiger charge is 2.72. The first-order valence-corrected chi connectivity index (χ1v) is 21.7. The number of hydrogen-bond donors (Lipinski definition) is 0. The number of nitrogens with zero attached hydrogens (tertiary/aromatic N) is 6. The lowest BCUT2D eigenvalue weighted by molar-refractivity contribution is -0.288. The average molecular weight is 923 g/mol. The van der Waals surface area contributed by atoms with Gasteiger partial charge in [-0.15, -0.1) is 20.4 Å². The minimum atomic E-state index is -5.82. The Morgan fingerprint density at radius 3 is 0.812 bits per heavy atom. The first-order chi connectivity index (χ1) is 33.5. The zero-order valence-corrected chi connectivity index (χ0v) is 35.7. The van der Waals surface area contributed by atoms with Gasteiger partial charge in [0.15, 0.2) is 0 Å². The van der Waals surface area contributed by atoms with E-state index in [1.54, 1.807) is 24.3 Å². The van der Waals surface area contributed by atoms with Crippen LogP contribution in [0.5, 0.6) is 0 Å². The van der Waals surface area contributed by atoms with E-state index in [1.807, 2.05) is 97.1 Å². The number of fused-ring (bicyclic) bond motifs is 6. The summed E-state index contributed by atoms with van der Waals surface area (Å²) in [6, 6.07) is 54.7. The molecule has 336 valence electrons. The Kier molecular flexibility index (Phi) is 9.45. The molecule has 0 aliphatic rings. The molecule has 0 spiro atoms. The van der Waals surface area contributed by atoms with Gasteiger partial charge >= 0.3 is 12.4 Å². The molecule has 12 aromatic rings. The number of rotatable bonds is 8. The molecule has 14 heteroatoms. The van der Waals surface area contributed by atoms with E-state index in [-0.39, 0.29) is 34.7 Å². The van der Waals surface area contributed by atoms with Crippen LogP contribution in [0.4, 0.5) is 26.3 Å². The molecule has 0 unspecified atom stereocenters. The molecule has 0 bridgehead atoms. The Morgan fingerprint density at radius 1 is 0.304 bits per heavy atom. The first kappa shape index (κ1) is 41.6. The molecule has 69 heavy (non-hydrogen) atoms. The fourth-order valence-corrected chi connectivity index (χ4v) is 9.53. The fourth-order valence-electron chi connectivity index (χ4n) is 9.53. The Hall–Kier alpha value is -8.78. The van der Waals surface area contributed by atoms with Crippen LogP contribution in [0.3, 0.4) is 0 Å². The fraction of sp³-hybridized carbons (Fsp3) is 0.0545. The van der Waals surface area contributed by atoms with Gasteiger partial charge < -0.3 is 18.0 Å². The van der Waals surface area contributed by atoms with Gasteiger partial charge in [-0.05, 0) is 108 Å². The highest BCUT2D eigenvalue weighted by atomic mass is 19.4. The second kappa shape index (κ2) is 15.7. The van der Waals surface area contributed by atoms with Crippen molar-refractivity contribution < 1.29 is 35.2 Å². The van der Waals surface area contributed by atoms with E-state index in [4.69, 9.17) is 8.83 Å². The van der Waals surface area contributed by atoms with Crippen LogP contribution in [0.1, 0.15) is 11.1 Å². The third kappa shape index (κ3) is 6.61. The molecular formula is C55H32F6N6O2. The molecule has 0 atom stereocenters. The molecule has 4 heterocycles. The summed E-state index contributed by atoms with van der Waals surface area (Å²) < 4.78 is 107. The Labute approximate surface area is 387 Å². The van der Waals surface area contributed by atoms with Crippen molar-refractivity contribution in [2.75, 3.05) is 0 Å². The second-order valence-electron chi connectivity index (χ2n) is 16.6. The molecule has 0 aliphatic carbocycles. The predicted molar refractivity (Wildman–Crippen MR) is 252 cm³/mol. The highest BCUT2D eigenvalue weighted by molar-refractivity contribution is 6.10. The number of para-hydroxylation sites is 4. The van der Waals surface area contributed by atoms with Gasteiger partial charge in [-0.25, -0.2) is 0 Å². The smallest absolute Gasteiger partial charge is 0.411 e. The number of benzene rings is 8. The van der Waals surface area contributed by atoms with Crippen LogP contribution in [-0.2, 0) is 5.41 Å². The summed E-state index contributed by atoms with van der Waals surface area (Å²) in [5.41, 5.74) is 0.749. The van der Waals surface area contributed by atoms with Gasteiger partial charge in [-0.1, -0.05) is 97.1 Å². The number of alkyl halides is 6. The maximum absolute atomic E-state index is 15.2. The van der Waals surface area contributed by atoms with Crippen LogP contribution >= 0.6 is 0 Å². The Morgan fingerprint density at radius 2 is 0.551 bits per heavy atom. The monoisotopic (exact) mass is 922 g/mol. The largest absolute Gasteiger partial charge is 0.416 e. The molecule has 0 saturated heterocycles. The minimum absolute atomic E-state index is 0.0880. The highest BCUT2D eigenvalue weighted by Crippen LogP contribution is 2.56. The van der Waals surface area contributed by atoms with Gasteiger partial charge in [0.2, 0.25) is 29.0 Å². The van der Waals surface area contributed by atoms with E-state index in [0.29, 0.717) is 11.1 Å². The lowest BCUT2D eigenvalue weighted by Gasteiger charge is -2.38. The van der Waals surface area contributed by atoms with Crippen LogP contribution in [-0.4, -0.2) is 41.9 Å². The van der Waals surface area contributed by atoms with Crippen molar-refractivity contribution in [2.24, 2.45) is 0 Å². The molecule has 12 rings (SSSR count). The van der Waals surface area contributed by atoms with Crippen LogP contribution in [0, 0.1) is 0 Å². The van der Waals surface area contributed by atoms with E-state index >= 15 is 26.3 Å². The minimum Gasteiger partial charge on any atom is -0.416 e. The van der Waals surface area contributed by atoms with Gasteiger partial charge in [-0.2, -0.15) is 26.3 Å². The number of hydrogen-bond acceptors (Lipinski definition) is 6. The second-order valence-corrected chi connectivity index (χ2v) is 16.6. The maximum Gasteiger partial charge on any atom is 0.411 e. The van der Waals surface area contributed by atoms with Crippen molar-refractivity contribution in [3.05, 3.63) is 205 Å². The molecule has 4 aromatic heterocycles. The van der Waals surface area contributed by atoms with Crippen LogP contribution in [0.2, 0.25) is 0 Å². The maximum atomic E-state index is 15.2. The van der Waals surface area contributed by atoms with Crippen LogP contribution in [0.25, 0.3) is 101 Å². The van der Waals surface area contributed by atoms with E-state index in [9.17, 15) is 0 Å². The van der Waals surface area contributed by atoms with Crippen molar-refractivity contribution in [1.82, 2.24) is 29.5 Å². The number of halogens is 6. The van der Waals surface area contributed by atoms with Crippen LogP contribution < -0.4 is 0 Å². The predicted octanol–water partition coefficient (Wildman–Crippen LogP) is 14.7. The van der Waals surface area contributed by atoms with Gasteiger partial charge in [0.05, 0.1) is 22.1 Å².